The first kappa shape index (κ1) is 19.6. The van der Waals surface area contributed by atoms with Gasteiger partial charge in [0.25, 0.3) is 5.91 Å². The Morgan fingerprint density at radius 1 is 1.15 bits per heavy atom. The van der Waals surface area contributed by atoms with Crippen LogP contribution in [0.25, 0.3) is 0 Å². The van der Waals surface area contributed by atoms with E-state index in [4.69, 9.17) is 0 Å². The van der Waals surface area contributed by atoms with Gasteiger partial charge in [0, 0.05) is 31.8 Å². The molecule has 8 heteroatoms. The van der Waals surface area contributed by atoms with Crippen molar-refractivity contribution in [3.8, 4) is 0 Å². The summed E-state index contributed by atoms with van der Waals surface area (Å²) in [5.74, 6) is 0.972. The molecule has 0 saturated carbocycles. The fourth-order valence-corrected chi connectivity index (χ4v) is 5.33. The van der Waals surface area contributed by atoms with Crippen molar-refractivity contribution >= 4 is 21.7 Å². The van der Waals surface area contributed by atoms with Crippen molar-refractivity contribution in [3.05, 3.63) is 41.6 Å². The molecule has 27 heavy (non-hydrogen) atoms. The highest BCUT2D eigenvalue weighted by Crippen LogP contribution is 2.26. The van der Waals surface area contributed by atoms with Gasteiger partial charge >= 0.3 is 0 Å². The van der Waals surface area contributed by atoms with Crippen LogP contribution in [0.2, 0.25) is 0 Å². The molecule has 0 bridgehead atoms. The second-order valence-electron chi connectivity index (χ2n) is 7.54. The highest BCUT2D eigenvalue weighted by molar-refractivity contribution is 7.89. The largest absolute Gasteiger partial charge is 0.307 e. The van der Waals surface area contributed by atoms with E-state index in [0.29, 0.717) is 36.3 Å². The minimum absolute atomic E-state index is 0.219. The number of aryl methyl sites for hydroxylation is 2. The van der Waals surface area contributed by atoms with Gasteiger partial charge < -0.3 is 5.32 Å². The highest BCUT2D eigenvalue weighted by atomic mass is 32.2. The van der Waals surface area contributed by atoms with Crippen LogP contribution in [0.1, 0.15) is 36.3 Å². The molecule has 1 aliphatic heterocycles. The number of benzene rings is 1. The molecule has 2 aromatic rings. The van der Waals surface area contributed by atoms with Gasteiger partial charge in [0.1, 0.15) is 5.82 Å². The summed E-state index contributed by atoms with van der Waals surface area (Å²) in [7, 11) is -1.80. The maximum atomic E-state index is 12.9. The average molecular weight is 391 g/mol. The lowest BCUT2D eigenvalue weighted by atomic mass is 9.94. The Bertz CT molecular complexity index is 924. The number of hydrogen-bond acceptors (Lipinski definition) is 4. The van der Waals surface area contributed by atoms with E-state index in [0.717, 1.165) is 12.1 Å². The summed E-state index contributed by atoms with van der Waals surface area (Å²) in [6, 6.07) is 7.87. The van der Waals surface area contributed by atoms with Crippen molar-refractivity contribution < 1.29 is 13.2 Å². The van der Waals surface area contributed by atoms with Gasteiger partial charge in [-0.05, 0) is 49.4 Å². The molecule has 3 rings (SSSR count). The SMILES string of the molecule is Cc1cc(NC(=O)c2ccc(S(=O)(=O)N3CC(C)CC(C)C3)cc2)n(C)n1. The van der Waals surface area contributed by atoms with Gasteiger partial charge in [-0.1, -0.05) is 13.8 Å². The lowest BCUT2D eigenvalue weighted by Crippen LogP contribution is -2.42. The van der Waals surface area contributed by atoms with Gasteiger partial charge in [-0.2, -0.15) is 9.40 Å². The number of sulfonamides is 1. The Morgan fingerprint density at radius 3 is 2.26 bits per heavy atom. The van der Waals surface area contributed by atoms with E-state index >= 15 is 0 Å². The third-order valence-corrected chi connectivity index (χ3v) is 6.68. The molecule has 1 fully saturated rings. The zero-order valence-electron chi connectivity index (χ0n) is 16.1. The molecule has 7 nitrogen and oxygen atoms in total. The second kappa shape index (κ2) is 7.44. The average Bonchev–Trinajstić information content (AvgIpc) is 2.91. The number of rotatable bonds is 4. The van der Waals surface area contributed by atoms with Crippen molar-refractivity contribution in [2.24, 2.45) is 18.9 Å². The normalized spacial score (nSPS) is 21.2. The monoisotopic (exact) mass is 390 g/mol. The van der Waals surface area contributed by atoms with Crippen LogP contribution >= 0.6 is 0 Å². The Hall–Kier alpha value is -2.19. The molecule has 0 radical (unpaired) electrons. The summed E-state index contributed by atoms with van der Waals surface area (Å²) in [5, 5.41) is 6.97. The second-order valence-corrected chi connectivity index (χ2v) is 9.48. The summed E-state index contributed by atoms with van der Waals surface area (Å²) < 4.78 is 29.0. The van der Waals surface area contributed by atoms with Gasteiger partial charge in [0.2, 0.25) is 10.0 Å². The van der Waals surface area contributed by atoms with E-state index in [1.165, 1.54) is 12.1 Å². The van der Waals surface area contributed by atoms with Crippen LogP contribution in [-0.2, 0) is 17.1 Å². The molecule has 2 heterocycles. The lowest BCUT2D eigenvalue weighted by Gasteiger charge is -2.34. The van der Waals surface area contributed by atoms with Gasteiger partial charge in [-0.25, -0.2) is 8.42 Å². The smallest absolute Gasteiger partial charge is 0.256 e. The Morgan fingerprint density at radius 2 is 1.74 bits per heavy atom. The van der Waals surface area contributed by atoms with Crippen LogP contribution in [0, 0.1) is 18.8 Å². The molecule has 1 aromatic carbocycles. The molecule has 146 valence electrons. The number of amides is 1. The number of nitrogens with zero attached hydrogens (tertiary/aromatic N) is 3. The van der Waals surface area contributed by atoms with E-state index in [1.807, 2.05) is 6.92 Å². The lowest BCUT2D eigenvalue weighted by molar-refractivity contribution is 0.102. The Kier molecular flexibility index (Phi) is 5.39. The van der Waals surface area contributed by atoms with Crippen LogP contribution in [0.3, 0.4) is 0 Å². The molecule has 0 spiro atoms. The summed E-state index contributed by atoms with van der Waals surface area (Å²) in [6.45, 7) is 7.07. The molecule has 1 aromatic heterocycles. The topological polar surface area (TPSA) is 84.3 Å². The fraction of sp³-hybridized carbons (Fsp3) is 0.474. The first-order valence-corrected chi connectivity index (χ1v) is 10.5. The molecule has 2 unspecified atom stereocenters. The first-order valence-electron chi connectivity index (χ1n) is 9.09. The molecule has 0 aliphatic carbocycles. The number of carbonyl (C=O) groups is 1. The highest BCUT2D eigenvalue weighted by Gasteiger charge is 2.31. The van der Waals surface area contributed by atoms with Gasteiger partial charge in [0.05, 0.1) is 10.6 Å². The maximum Gasteiger partial charge on any atom is 0.256 e. The van der Waals surface area contributed by atoms with Crippen LogP contribution < -0.4 is 5.32 Å². The number of aromatic nitrogens is 2. The molecular formula is C19H26N4O3S. The Balaban J connectivity index is 1.76. The van der Waals surface area contributed by atoms with Crippen LogP contribution in [0.4, 0.5) is 5.82 Å². The van der Waals surface area contributed by atoms with Crippen LogP contribution in [0.15, 0.2) is 35.2 Å². The molecule has 1 saturated heterocycles. The standard InChI is InChI=1S/C19H26N4O3S/c1-13-9-14(2)12-23(11-13)27(25,26)17-7-5-16(6-8-17)19(24)20-18-10-15(3)21-22(18)4/h5-8,10,13-14H,9,11-12H2,1-4H3,(H,20,24). The van der Waals surface area contributed by atoms with Crippen molar-refractivity contribution in [3.63, 3.8) is 0 Å². The quantitative estimate of drug-likeness (QED) is 0.870. The van der Waals surface area contributed by atoms with Crippen molar-refractivity contribution in [1.29, 1.82) is 0 Å². The van der Waals surface area contributed by atoms with E-state index in [9.17, 15) is 13.2 Å². The molecule has 1 amide bonds. The zero-order chi connectivity index (χ0) is 19.8. The zero-order valence-corrected chi connectivity index (χ0v) is 17.0. The van der Waals surface area contributed by atoms with Crippen molar-refractivity contribution in [2.45, 2.75) is 32.1 Å². The number of anilines is 1. The van der Waals surface area contributed by atoms with Gasteiger partial charge in [0.15, 0.2) is 0 Å². The maximum absolute atomic E-state index is 12.9. The minimum Gasteiger partial charge on any atom is -0.307 e. The molecule has 1 N–H and O–H groups in total. The number of hydrogen-bond donors (Lipinski definition) is 1. The third-order valence-electron chi connectivity index (χ3n) is 4.83. The predicted molar refractivity (Wildman–Crippen MR) is 104 cm³/mol. The van der Waals surface area contributed by atoms with E-state index in [1.54, 1.807) is 34.2 Å². The summed E-state index contributed by atoms with van der Waals surface area (Å²) in [5.41, 5.74) is 1.20. The van der Waals surface area contributed by atoms with Gasteiger partial charge in [-0.15, -0.1) is 0 Å². The summed E-state index contributed by atoms with van der Waals surface area (Å²) in [4.78, 5) is 12.6. The third kappa shape index (κ3) is 4.22. The number of piperidine rings is 1. The number of carbonyl (C=O) groups excluding carboxylic acids is 1. The molecular weight excluding hydrogens is 364 g/mol. The minimum atomic E-state index is -3.55. The van der Waals surface area contributed by atoms with Crippen molar-refractivity contribution in [2.75, 3.05) is 18.4 Å². The Labute approximate surface area is 160 Å². The predicted octanol–water partition coefficient (Wildman–Crippen LogP) is 2.65. The number of nitrogens with one attached hydrogen (secondary N) is 1. The van der Waals surface area contributed by atoms with Crippen LogP contribution in [-0.4, -0.2) is 41.5 Å². The molecule has 2 atom stereocenters. The van der Waals surface area contributed by atoms with Crippen molar-refractivity contribution in [1.82, 2.24) is 14.1 Å². The van der Waals surface area contributed by atoms with Crippen LogP contribution in [0.5, 0.6) is 0 Å². The van der Waals surface area contributed by atoms with E-state index < -0.39 is 10.0 Å². The van der Waals surface area contributed by atoms with E-state index in [2.05, 4.69) is 24.3 Å². The van der Waals surface area contributed by atoms with Gasteiger partial charge in [-0.3, -0.25) is 9.48 Å². The summed E-state index contributed by atoms with van der Waals surface area (Å²) in [6.07, 6.45) is 1.04. The first-order chi connectivity index (χ1) is 12.7. The molecule has 1 aliphatic rings. The summed E-state index contributed by atoms with van der Waals surface area (Å²) >= 11 is 0. The van der Waals surface area contributed by atoms with E-state index in [-0.39, 0.29) is 10.8 Å². The fourth-order valence-electron chi connectivity index (χ4n) is 3.65.